The van der Waals surface area contributed by atoms with Crippen molar-refractivity contribution in [2.45, 2.75) is 19.6 Å². The van der Waals surface area contributed by atoms with Gasteiger partial charge in [0.25, 0.3) is 5.91 Å². The van der Waals surface area contributed by atoms with Gasteiger partial charge in [0.05, 0.1) is 11.7 Å². The molecule has 1 N–H and O–H groups in total. The number of nitrogens with zero attached hydrogens (tertiary/aromatic N) is 1. The Balaban J connectivity index is 1.32. The molecule has 1 atom stereocenters. The Morgan fingerprint density at radius 1 is 1.00 bits per heavy atom. The molecule has 4 aromatic rings. The summed E-state index contributed by atoms with van der Waals surface area (Å²) in [5.74, 6) is 0.870. The number of fused-ring (bicyclic) bond motifs is 1. The van der Waals surface area contributed by atoms with E-state index in [1.165, 1.54) is 6.07 Å². The number of ether oxygens (including phenoxy) is 2. The van der Waals surface area contributed by atoms with Gasteiger partial charge in [-0.3, -0.25) is 9.78 Å². The van der Waals surface area contributed by atoms with Gasteiger partial charge in [0.15, 0.2) is 6.61 Å². The number of carbonyl (C=O) groups is 1. The Labute approximate surface area is 184 Å². The number of pyridine rings is 1. The van der Waals surface area contributed by atoms with Crippen molar-refractivity contribution in [2.24, 2.45) is 0 Å². The van der Waals surface area contributed by atoms with Gasteiger partial charge in [0.1, 0.15) is 23.7 Å². The molecule has 0 aliphatic carbocycles. The van der Waals surface area contributed by atoms with E-state index in [4.69, 9.17) is 13.9 Å². The van der Waals surface area contributed by atoms with Crippen molar-refractivity contribution in [2.75, 3.05) is 6.61 Å². The Hall–Kier alpha value is -4.13. The highest BCUT2D eigenvalue weighted by Gasteiger charge is 2.12. The fourth-order valence-corrected chi connectivity index (χ4v) is 3.16. The first kappa shape index (κ1) is 21.1. The molecular weight excluding hydrogens is 408 g/mol. The lowest BCUT2D eigenvalue weighted by Crippen LogP contribution is -2.31. The molecule has 2 aromatic carbocycles. The molecule has 7 heteroatoms. The zero-order chi connectivity index (χ0) is 22.3. The Bertz CT molecular complexity index is 1270. The van der Waals surface area contributed by atoms with Crippen molar-refractivity contribution in [3.63, 3.8) is 0 Å². The summed E-state index contributed by atoms with van der Waals surface area (Å²) < 4.78 is 16.5. The van der Waals surface area contributed by atoms with Gasteiger partial charge in [-0.25, -0.2) is 4.79 Å². The van der Waals surface area contributed by atoms with Crippen molar-refractivity contribution < 1.29 is 18.7 Å². The van der Waals surface area contributed by atoms with Crippen LogP contribution < -0.4 is 20.4 Å². The number of carbonyl (C=O) groups excluding carboxylic acids is 1. The first-order valence-corrected chi connectivity index (χ1v) is 10.2. The molecule has 0 bridgehead atoms. The zero-order valence-electron chi connectivity index (χ0n) is 17.5. The van der Waals surface area contributed by atoms with E-state index in [0.29, 0.717) is 23.7 Å². The molecule has 0 aliphatic heterocycles. The van der Waals surface area contributed by atoms with Crippen LogP contribution in [0.2, 0.25) is 0 Å². The van der Waals surface area contributed by atoms with E-state index < -0.39 is 5.63 Å². The molecule has 0 spiro atoms. The fraction of sp³-hybridized carbons (Fsp3) is 0.160. The Kier molecular flexibility index (Phi) is 6.46. The van der Waals surface area contributed by atoms with Crippen LogP contribution in [0.4, 0.5) is 0 Å². The van der Waals surface area contributed by atoms with Gasteiger partial charge in [0.2, 0.25) is 0 Å². The maximum Gasteiger partial charge on any atom is 0.336 e. The highest BCUT2D eigenvalue weighted by molar-refractivity contribution is 5.79. The number of amides is 1. The lowest BCUT2D eigenvalue weighted by Gasteiger charge is -2.16. The molecule has 2 aromatic heterocycles. The van der Waals surface area contributed by atoms with Crippen LogP contribution in [0.15, 0.2) is 88.2 Å². The van der Waals surface area contributed by atoms with Gasteiger partial charge < -0.3 is 19.2 Å². The van der Waals surface area contributed by atoms with Gasteiger partial charge in [-0.15, -0.1) is 0 Å². The average molecular weight is 430 g/mol. The third-order valence-corrected chi connectivity index (χ3v) is 4.81. The van der Waals surface area contributed by atoms with Crippen molar-refractivity contribution >= 4 is 16.9 Å². The van der Waals surface area contributed by atoms with Crippen LogP contribution >= 0.6 is 0 Å². The molecule has 32 heavy (non-hydrogen) atoms. The number of aromatic nitrogens is 1. The summed E-state index contributed by atoms with van der Waals surface area (Å²) in [6, 6.07) is 21.1. The quantitative estimate of drug-likeness (QED) is 0.425. The number of hydrogen-bond donors (Lipinski definition) is 1. The van der Waals surface area contributed by atoms with E-state index in [0.717, 1.165) is 16.6 Å². The van der Waals surface area contributed by atoms with E-state index in [-0.39, 0.29) is 18.6 Å². The standard InChI is InChI=1S/C25H22N2O5/c1-17(19-5-4-7-21(13-19)30-15-20-6-2-3-12-26-20)27-24(28)16-31-22-10-8-18-9-11-25(29)32-23(18)14-22/h2-14,17H,15-16H2,1H3,(H,27,28). The second-order valence-corrected chi connectivity index (χ2v) is 7.21. The highest BCUT2D eigenvalue weighted by Crippen LogP contribution is 2.21. The molecule has 4 rings (SSSR count). The smallest absolute Gasteiger partial charge is 0.336 e. The molecule has 0 fully saturated rings. The van der Waals surface area contributed by atoms with E-state index >= 15 is 0 Å². The van der Waals surface area contributed by atoms with Crippen molar-refractivity contribution in [1.82, 2.24) is 10.3 Å². The third kappa shape index (κ3) is 5.51. The van der Waals surface area contributed by atoms with Gasteiger partial charge in [0, 0.05) is 23.7 Å². The molecule has 0 radical (unpaired) electrons. The predicted octanol–water partition coefficient (Wildman–Crippen LogP) is 4.02. The number of nitrogens with one attached hydrogen (secondary N) is 1. The first-order chi connectivity index (χ1) is 15.6. The summed E-state index contributed by atoms with van der Waals surface area (Å²) in [5.41, 5.74) is 1.72. The molecule has 162 valence electrons. The third-order valence-electron chi connectivity index (χ3n) is 4.81. The minimum absolute atomic E-state index is 0.164. The van der Waals surface area contributed by atoms with Gasteiger partial charge in [-0.1, -0.05) is 18.2 Å². The molecule has 2 heterocycles. The van der Waals surface area contributed by atoms with E-state index in [1.54, 1.807) is 30.5 Å². The minimum Gasteiger partial charge on any atom is -0.487 e. The molecule has 1 unspecified atom stereocenters. The number of rotatable bonds is 8. The maximum absolute atomic E-state index is 12.4. The Morgan fingerprint density at radius 3 is 2.69 bits per heavy atom. The molecular formula is C25H22N2O5. The highest BCUT2D eigenvalue weighted by atomic mass is 16.5. The summed E-state index contributed by atoms with van der Waals surface area (Å²) >= 11 is 0. The monoisotopic (exact) mass is 430 g/mol. The second-order valence-electron chi connectivity index (χ2n) is 7.21. The minimum atomic E-state index is -0.438. The van der Waals surface area contributed by atoms with E-state index in [9.17, 15) is 9.59 Å². The van der Waals surface area contributed by atoms with Crippen molar-refractivity contribution in [1.29, 1.82) is 0 Å². The van der Waals surface area contributed by atoms with Crippen molar-refractivity contribution in [3.8, 4) is 11.5 Å². The topological polar surface area (TPSA) is 90.7 Å². The molecule has 0 saturated carbocycles. The predicted molar refractivity (Wildman–Crippen MR) is 120 cm³/mol. The van der Waals surface area contributed by atoms with Gasteiger partial charge in [-0.2, -0.15) is 0 Å². The zero-order valence-corrected chi connectivity index (χ0v) is 17.5. The lowest BCUT2D eigenvalue weighted by atomic mass is 10.1. The normalized spacial score (nSPS) is 11.7. The summed E-state index contributed by atoms with van der Waals surface area (Å²) in [5, 5.41) is 3.69. The van der Waals surface area contributed by atoms with Crippen LogP contribution in [0.25, 0.3) is 11.0 Å². The van der Waals surface area contributed by atoms with E-state index in [1.807, 2.05) is 49.4 Å². The number of hydrogen-bond acceptors (Lipinski definition) is 6. The second kappa shape index (κ2) is 9.78. The van der Waals surface area contributed by atoms with Gasteiger partial charge in [-0.05, 0) is 55.0 Å². The van der Waals surface area contributed by atoms with Crippen molar-refractivity contribution in [3.05, 3.63) is 101 Å². The number of benzene rings is 2. The van der Waals surface area contributed by atoms with Crippen LogP contribution in [-0.4, -0.2) is 17.5 Å². The maximum atomic E-state index is 12.4. The molecule has 0 aliphatic rings. The van der Waals surface area contributed by atoms with Crippen LogP contribution in [-0.2, 0) is 11.4 Å². The average Bonchev–Trinajstić information content (AvgIpc) is 2.82. The molecule has 1 amide bonds. The lowest BCUT2D eigenvalue weighted by molar-refractivity contribution is -0.123. The Morgan fingerprint density at radius 2 is 1.84 bits per heavy atom. The summed E-state index contributed by atoms with van der Waals surface area (Å²) in [6.07, 6.45) is 1.72. The van der Waals surface area contributed by atoms with Crippen LogP contribution in [0.5, 0.6) is 11.5 Å². The largest absolute Gasteiger partial charge is 0.487 e. The van der Waals surface area contributed by atoms with Crippen LogP contribution in [0.1, 0.15) is 24.2 Å². The van der Waals surface area contributed by atoms with E-state index in [2.05, 4.69) is 10.3 Å². The first-order valence-electron chi connectivity index (χ1n) is 10.2. The summed E-state index contributed by atoms with van der Waals surface area (Å²) in [4.78, 5) is 28.0. The summed E-state index contributed by atoms with van der Waals surface area (Å²) in [6.45, 7) is 2.09. The molecule has 7 nitrogen and oxygen atoms in total. The van der Waals surface area contributed by atoms with Gasteiger partial charge >= 0.3 is 5.63 Å². The molecule has 0 saturated heterocycles. The fourth-order valence-electron chi connectivity index (χ4n) is 3.16. The SMILES string of the molecule is CC(NC(=O)COc1ccc2ccc(=O)oc2c1)c1cccc(OCc2ccccn2)c1. The van der Waals surface area contributed by atoms with Crippen LogP contribution in [0, 0.1) is 0 Å². The van der Waals surface area contributed by atoms with Crippen LogP contribution in [0.3, 0.4) is 0 Å². The summed E-state index contributed by atoms with van der Waals surface area (Å²) in [7, 11) is 0.